The zero-order valence-electron chi connectivity index (χ0n) is 13.2. The van der Waals surface area contributed by atoms with E-state index in [2.05, 4.69) is 29.8 Å². The van der Waals surface area contributed by atoms with E-state index in [1.807, 2.05) is 0 Å². The van der Waals surface area contributed by atoms with E-state index in [1.165, 1.54) is 12.8 Å². The first-order valence-corrected chi connectivity index (χ1v) is 7.82. The molecule has 0 bridgehead atoms. The SMILES string of the molecule is CC(C)CCC(=O)NCC(=O)NCCC1CCCNC1.Cl. The highest BCUT2D eigenvalue weighted by Gasteiger charge is 2.13. The summed E-state index contributed by atoms with van der Waals surface area (Å²) in [6.45, 7) is 7.14. The third-order valence-corrected chi connectivity index (χ3v) is 3.67. The van der Waals surface area contributed by atoms with E-state index >= 15 is 0 Å². The third kappa shape index (κ3) is 10.5. The van der Waals surface area contributed by atoms with Crippen LogP contribution in [-0.4, -0.2) is 38.0 Å². The molecule has 0 saturated carbocycles. The van der Waals surface area contributed by atoms with Gasteiger partial charge in [-0.15, -0.1) is 12.4 Å². The molecule has 1 fully saturated rings. The molecule has 0 aromatic heterocycles. The van der Waals surface area contributed by atoms with Gasteiger partial charge in [0.1, 0.15) is 0 Å². The summed E-state index contributed by atoms with van der Waals surface area (Å²) in [5.41, 5.74) is 0. The maximum absolute atomic E-state index is 11.6. The first-order valence-electron chi connectivity index (χ1n) is 7.82. The summed E-state index contributed by atoms with van der Waals surface area (Å²) in [7, 11) is 0. The van der Waals surface area contributed by atoms with E-state index in [0.717, 1.165) is 25.9 Å². The molecular weight excluding hydrogens is 290 g/mol. The summed E-state index contributed by atoms with van der Waals surface area (Å²) in [6, 6.07) is 0. The topological polar surface area (TPSA) is 70.2 Å². The van der Waals surface area contributed by atoms with Gasteiger partial charge in [0.05, 0.1) is 6.54 Å². The first kappa shape index (κ1) is 20.2. The van der Waals surface area contributed by atoms with Crippen molar-refractivity contribution in [2.45, 2.75) is 46.0 Å². The average Bonchev–Trinajstić information content (AvgIpc) is 2.44. The number of halogens is 1. The fraction of sp³-hybridized carbons (Fsp3) is 0.867. The zero-order chi connectivity index (χ0) is 14.8. The monoisotopic (exact) mass is 319 g/mol. The van der Waals surface area contributed by atoms with Crippen molar-refractivity contribution in [2.75, 3.05) is 26.2 Å². The van der Waals surface area contributed by atoms with Gasteiger partial charge in [-0.1, -0.05) is 13.8 Å². The Bertz CT molecular complexity index is 305. The first-order chi connectivity index (χ1) is 9.58. The molecule has 124 valence electrons. The van der Waals surface area contributed by atoms with Crippen molar-refractivity contribution in [2.24, 2.45) is 11.8 Å². The van der Waals surface area contributed by atoms with Crippen LogP contribution in [0, 0.1) is 11.8 Å². The number of amides is 2. The minimum atomic E-state index is -0.0911. The lowest BCUT2D eigenvalue weighted by atomic mass is 9.96. The number of hydrogen-bond donors (Lipinski definition) is 3. The van der Waals surface area contributed by atoms with Gasteiger partial charge in [-0.3, -0.25) is 9.59 Å². The molecule has 0 radical (unpaired) electrons. The van der Waals surface area contributed by atoms with Crippen LogP contribution >= 0.6 is 12.4 Å². The van der Waals surface area contributed by atoms with Gasteiger partial charge in [-0.05, 0) is 50.6 Å². The number of nitrogens with one attached hydrogen (secondary N) is 3. The molecule has 0 spiro atoms. The number of hydrogen-bond acceptors (Lipinski definition) is 3. The second-order valence-electron chi connectivity index (χ2n) is 6.06. The van der Waals surface area contributed by atoms with Crippen LogP contribution in [0.25, 0.3) is 0 Å². The maximum Gasteiger partial charge on any atom is 0.239 e. The average molecular weight is 320 g/mol. The summed E-state index contributed by atoms with van der Waals surface area (Å²) < 4.78 is 0. The van der Waals surface area contributed by atoms with Gasteiger partial charge in [0.25, 0.3) is 0 Å². The van der Waals surface area contributed by atoms with Crippen LogP contribution in [0.3, 0.4) is 0 Å². The van der Waals surface area contributed by atoms with E-state index < -0.39 is 0 Å². The number of carbonyl (C=O) groups is 2. The molecule has 2 amide bonds. The molecule has 0 aromatic rings. The quantitative estimate of drug-likeness (QED) is 0.634. The van der Waals surface area contributed by atoms with Crippen LogP contribution in [0.5, 0.6) is 0 Å². The van der Waals surface area contributed by atoms with Crippen LogP contribution in [0.1, 0.15) is 46.0 Å². The Morgan fingerprint density at radius 2 is 2.00 bits per heavy atom. The second-order valence-corrected chi connectivity index (χ2v) is 6.06. The molecule has 1 aliphatic rings. The summed E-state index contributed by atoms with van der Waals surface area (Å²) in [4.78, 5) is 23.1. The molecule has 0 aliphatic carbocycles. The highest BCUT2D eigenvalue weighted by Crippen LogP contribution is 2.12. The largest absolute Gasteiger partial charge is 0.355 e. The Morgan fingerprint density at radius 1 is 1.24 bits per heavy atom. The van der Waals surface area contributed by atoms with Crippen molar-refractivity contribution in [3.63, 3.8) is 0 Å². The van der Waals surface area contributed by atoms with Crippen molar-refractivity contribution in [3.8, 4) is 0 Å². The Labute approximate surface area is 134 Å². The molecule has 5 nitrogen and oxygen atoms in total. The van der Waals surface area contributed by atoms with Gasteiger partial charge in [-0.25, -0.2) is 0 Å². The van der Waals surface area contributed by atoms with E-state index in [1.54, 1.807) is 0 Å². The van der Waals surface area contributed by atoms with Gasteiger partial charge >= 0.3 is 0 Å². The van der Waals surface area contributed by atoms with E-state index in [-0.39, 0.29) is 30.8 Å². The normalized spacial score (nSPS) is 18.0. The van der Waals surface area contributed by atoms with Gasteiger partial charge in [0.15, 0.2) is 0 Å². The second kappa shape index (κ2) is 11.8. The predicted molar refractivity (Wildman–Crippen MR) is 87.6 cm³/mol. The summed E-state index contributed by atoms with van der Waals surface area (Å²) in [6.07, 6.45) is 4.85. The molecule has 3 N–H and O–H groups in total. The van der Waals surface area contributed by atoms with Crippen molar-refractivity contribution in [3.05, 3.63) is 0 Å². The van der Waals surface area contributed by atoms with Crippen molar-refractivity contribution < 1.29 is 9.59 Å². The van der Waals surface area contributed by atoms with Gasteiger partial charge in [-0.2, -0.15) is 0 Å². The van der Waals surface area contributed by atoms with Crippen LogP contribution in [0.4, 0.5) is 0 Å². The molecule has 6 heteroatoms. The lowest BCUT2D eigenvalue weighted by Gasteiger charge is -2.22. The Kier molecular flexibility index (Phi) is 11.4. The standard InChI is InChI=1S/C15H29N3O2.ClH/c1-12(2)5-6-14(19)18-11-15(20)17-9-7-13-4-3-8-16-10-13;/h12-13,16H,3-11H2,1-2H3,(H,17,20)(H,18,19);1H. The minimum Gasteiger partial charge on any atom is -0.355 e. The number of piperidine rings is 1. The molecular formula is C15H30ClN3O2. The molecule has 1 atom stereocenters. The van der Waals surface area contributed by atoms with Crippen LogP contribution in [0.15, 0.2) is 0 Å². The van der Waals surface area contributed by atoms with Crippen LogP contribution < -0.4 is 16.0 Å². The van der Waals surface area contributed by atoms with E-state index in [0.29, 0.717) is 24.8 Å². The maximum atomic E-state index is 11.6. The molecule has 1 heterocycles. The lowest BCUT2D eigenvalue weighted by molar-refractivity contribution is -0.126. The van der Waals surface area contributed by atoms with Gasteiger partial charge in [0.2, 0.25) is 11.8 Å². The fourth-order valence-corrected chi connectivity index (χ4v) is 2.34. The van der Waals surface area contributed by atoms with Crippen LogP contribution in [-0.2, 0) is 9.59 Å². The van der Waals surface area contributed by atoms with Crippen LogP contribution in [0.2, 0.25) is 0 Å². The Balaban J connectivity index is 0.00000400. The summed E-state index contributed by atoms with van der Waals surface area (Å²) >= 11 is 0. The molecule has 1 rings (SSSR count). The molecule has 21 heavy (non-hydrogen) atoms. The third-order valence-electron chi connectivity index (χ3n) is 3.67. The predicted octanol–water partition coefficient (Wildman–Crippen LogP) is 1.47. The van der Waals surface area contributed by atoms with Gasteiger partial charge < -0.3 is 16.0 Å². The van der Waals surface area contributed by atoms with Crippen molar-refractivity contribution in [1.82, 2.24) is 16.0 Å². The minimum absolute atomic E-state index is 0. The molecule has 0 aromatic carbocycles. The molecule has 1 saturated heterocycles. The van der Waals surface area contributed by atoms with Crippen molar-refractivity contribution in [1.29, 1.82) is 0 Å². The highest BCUT2D eigenvalue weighted by molar-refractivity contribution is 5.85. The smallest absolute Gasteiger partial charge is 0.239 e. The highest BCUT2D eigenvalue weighted by atomic mass is 35.5. The summed E-state index contributed by atoms with van der Waals surface area (Å²) in [5.74, 6) is 1.06. The molecule has 1 aliphatic heterocycles. The van der Waals surface area contributed by atoms with Gasteiger partial charge in [0, 0.05) is 13.0 Å². The number of rotatable bonds is 8. The fourth-order valence-electron chi connectivity index (χ4n) is 2.34. The number of carbonyl (C=O) groups excluding carboxylic acids is 2. The van der Waals surface area contributed by atoms with Crippen molar-refractivity contribution >= 4 is 24.2 Å². The Hall–Kier alpha value is -0.810. The zero-order valence-corrected chi connectivity index (χ0v) is 14.1. The van der Waals surface area contributed by atoms with E-state index in [4.69, 9.17) is 0 Å². The Morgan fingerprint density at radius 3 is 2.62 bits per heavy atom. The molecule has 1 unspecified atom stereocenters. The van der Waals surface area contributed by atoms with E-state index in [9.17, 15) is 9.59 Å². The lowest BCUT2D eigenvalue weighted by Crippen LogP contribution is -2.38. The summed E-state index contributed by atoms with van der Waals surface area (Å²) in [5, 5.41) is 8.90.